The second-order valence-corrected chi connectivity index (χ2v) is 6.04. The van der Waals surface area contributed by atoms with Crippen LogP contribution in [0.4, 0.5) is 5.69 Å². The summed E-state index contributed by atoms with van der Waals surface area (Å²) in [7, 11) is -3.76. The molecule has 0 saturated carbocycles. The number of furan rings is 1. The zero-order chi connectivity index (χ0) is 14.6. The molecule has 2 aromatic rings. The van der Waals surface area contributed by atoms with Crippen LogP contribution in [0.15, 0.2) is 45.9 Å². The number of hydrogen-bond donors (Lipinski definition) is 2. The number of benzene rings is 1. The summed E-state index contributed by atoms with van der Waals surface area (Å²) in [6.07, 6.45) is 2.01. The Hall–Kier alpha value is -1.79. The Kier molecular flexibility index (Phi) is 4.46. The Morgan fingerprint density at radius 1 is 1.15 bits per heavy atom. The van der Waals surface area contributed by atoms with Crippen molar-refractivity contribution in [3.05, 3.63) is 47.7 Å². The van der Waals surface area contributed by atoms with Crippen molar-refractivity contribution in [3.63, 3.8) is 0 Å². The maximum atomic E-state index is 12.1. The highest BCUT2D eigenvalue weighted by Gasteiger charge is 2.18. The summed E-state index contributed by atoms with van der Waals surface area (Å²) in [6.45, 7) is 1.76. The molecule has 1 heterocycles. The smallest absolute Gasteiger partial charge is 0.295 e. The van der Waals surface area contributed by atoms with Crippen molar-refractivity contribution in [3.8, 4) is 0 Å². The summed E-state index contributed by atoms with van der Waals surface area (Å²) < 4.78 is 31.6. The minimum absolute atomic E-state index is 0.209. The lowest BCUT2D eigenvalue weighted by molar-refractivity contribution is 0.236. The van der Waals surface area contributed by atoms with E-state index in [0.717, 1.165) is 18.4 Å². The van der Waals surface area contributed by atoms with Gasteiger partial charge in [-0.2, -0.15) is 8.42 Å². The maximum Gasteiger partial charge on any atom is 0.295 e. The highest BCUT2D eigenvalue weighted by molar-refractivity contribution is 7.92. The highest BCUT2D eigenvalue weighted by atomic mass is 32.2. The van der Waals surface area contributed by atoms with Gasteiger partial charge in [-0.25, -0.2) is 0 Å². The third-order valence-corrected chi connectivity index (χ3v) is 4.06. The van der Waals surface area contributed by atoms with E-state index >= 15 is 0 Å². The van der Waals surface area contributed by atoms with E-state index in [2.05, 4.69) is 11.6 Å². The van der Waals surface area contributed by atoms with Crippen LogP contribution in [0.25, 0.3) is 0 Å². The fraction of sp³-hybridized carbons (Fsp3) is 0.286. The monoisotopic (exact) mass is 295 g/mol. The van der Waals surface area contributed by atoms with Crippen LogP contribution in [0.3, 0.4) is 0 Å². The number of nitrogens with one attached hydrogen (secondary N) is 1. The third-order valence-electron chi connectivity index (χ3n) is 2.80. The van der Waals surface area contributed by atoms with Crippen LogP contribution in [0.5, 0.6) is 0 Å². The Bertz CT molecular complexity index is 659. The van der Waals surface area contributed by atoms with Gasteiger partial charge in [0.1, 0.15) is 12.4 Å². The molecule has 0 unspecified atom stereocenters. The van der Waals surface area contributed by atoms with Crippen LogP contribution >= 0.6 is 0 Å². The van der Waals surface area contributed by atoms with Crippen LogP contribution in [0, 0.1) is 0 Å². The Morgan fingerprint density at radius 3 is 2.40 bits per heavy atom. The largest absolute Gasteiger partial charge is 0.445 e. The molecule has 0 atom stereocenters. The van der Waals surface area contributed by atoms with E-state index in [1.165, 1.54) is 12.1 Å². The number of anilines is 1. The van der Waals surface area contributed by atoms with Crippen LogP contribution in [0.2, 0.25) is 0 Å². The minimum atomic E-state index is -3.76. The Balaban J connectivity index is 2.15. The van der Waals surface area contributed by atoms with Crippen molar-refractivity contribution < 1.29 is 17.9 Å². The first-order valence-electron chi connectivity index (χ1n) is 6.36. The summed E-state index contributed by atoms with van der Waals surface area (Å²) in [5.74, 6) is 0.212. The molecule has 0 spiro atoms. The first-order chi connectivity index (χ1) is 9.55. The van der Waals surface area contributed by atoms with Gasteiger partial charge in [-0.05, 0) is 36.2 Å². The SMILES string of the molecule is CCCc1ccc(NS(=O)(=O)c2ccc(CO)o2)cc1. The Labute approximate surface area is 118 Å². The van der Waals surface area contributed by atoms with Gasteiger partial charge >= 0.3 is 0 Å². The highest BCUT2D eigenvalue weighted by Crippen LogP contribution is 2.19. The maximum absolute atomic E-state index is 12.1. The summed E-state index contributed by atoms with van der Waals surface area (Å²) in [4.78, 5) is 0. The van der Waals surface area contributed by atoms with E-state index in [-0.39, 0.29) is 17.5 Å². The molecule has 108 valence electrons. The third kappa shape index (κ3) is 3.40. The molecule has 1 aromatic heterocycles. The van der Waals surface area contributed by atoms with Gasteiger partial charge in [-0.1, -0.05) is 25.5 Å². The zero-order valence-corrected chi connectivity index (χ0v) is 12.0. The molecular formula is C14H17NO4S. The molecule has 0 aliphatic carbocycles. The fourth-order valence-corrected chi connectivity index (χ4v) is 2.83. The van der Waals surface area contributed by atoms with E-state index in [0.29, 0.717) is 5.69 Å². The van der Waals surface area contributed by atoms with E-state index in [1.54, 1.807) is 12.1 Å². The molecule has 0 aliphatic heterocycles. The number of sulfonamides is 1. The number of hydrogen-bond acceptors (Lipinski definition) is 4. The van der Waals surface area contributed by atoms with Gasteiger partial charge in [0, 0.05) is 5.69 Å². The molecule has 2 rings (SSSR count). The summed E-state index contributed by atoms with van der Waals surface area (Å²) in [5, 5.41) is 8.67. The van der Waals surface area contributed by atoms with Crippen molar-refractivity contribution in [1.82, 2.24) is 0 Å². The topological polar surface area (TPSA) is 79.5 Å². The van der Waals surface area contributed by atoms with Crippen LogP contribution in [-0.2, 0) is 23.1 Å². The van der Waals surface area contributed by atoms with Gasteiger partial charge in [0.05, 0.1) is 0 Å². The normalized spacial score (nSPS) is 11.5. The predicted molar refractivity (Wildman–Crippen MR) is 75.9 cm³/mol. The molecule has 0 amide bonds. The number of aliphatic hydroxyl groups is 1. The Morgan fingerprint density at radius 2 is 1.85 bits per heavy atom. The van der Waals surface area contributed by atoms with Gasteiger partial charge in [0.2, 0.25) is 5.09 Å². The number of aliphatic hydroxyl groups excluding tert-OH is 1. The second-order valence-electron chi connectivity index (χ2n) is 4.43. The molecule has 5 nitrogen and oxygen atoms in total. The summed E-state index contributed by atoms with van der Waals surface area (Å²) >= 11 is 0. The lowest BCUT2D eigenvalue weighted by atomic mass is 10.1. The van der Waals surface area contributed by atoms with E-state index in [9.17, 15) is 8.42 Å². The molecule has 6 heteroatoms. The van der Waals surface area contributed by atoms with Crippen molar-refractivity contribution in [2.75, 3.05) is 4.72 Å². The number of rotatable bonds is 6. The van der Waals surface area contributed by atoms with Crippen LogP contribution < -0.4 is 4.72 Å². The molecule has 20 heavy (non-hydrogen) atoms. The first kappa shape index (κ1) is 14.6. The molecule has 0 saturated heterocycles. The average Bonchev–Trinajstić information content (AvgIpc) is 2.91. The molecular weight excluding hydrogens is 278 g/mol. The quantitative estimate of drug-likeness (QED) is 0.858. The minimum Gasteiger partial charge on any atom is -0.445 e. The van der Waals surface area contributed by atoms with Gasteiger partial charge in [0.15, 0.2) is 0 Å². The lowest BCUT2D eigenvalue weighted by Crippen LogP contribution is -2.12. The summed E-state index contributed by atoms with van der Waals surface area (Å²) in [6, 6.07) is 9.97. The second kappa shape index (κ2) is 6.11. The van der Waals surface area contributed by atoms with E-state index in [4.69, 9.17) is 9.52 Å². The fourth-order valence-electron chi connectivity index (χ4n) is 1.82. The first-order valence-corrected chi connectivity index (χ1v) is 7.85. The molecule has 0 bridgehead atoms. The molecule has 0 radical (unpaired) electrons. The standard InChI is InChI=1S/C14H17NO4S/c1-2-3-11-4-6-12(7-5-11)15-20(17,18)14-9-8-13(10-16)19-14/h4-9,15-16H,2-3,10H2,1H3. The number of aryl methyl sites for hydroxylation is 1. The van der Waals surface area contributed by atoms with E-state index in [1.807, 2.05) is 12.1 Å². The molecule has 2 N–H and O–H groups in total. The van der Waals surface area contributed by atoms with Crippen molar-refractivity contribution >= 4 is 15.7 Å². The van der Waals surface area contributed by atoms with Crippen molar-refractivity contribution in [1.29, 1.82) is 0 Å². The van der Waals surface area contributed by atoms with Gasteiger partial charge in [-0.3, -0.25) is 4.72 Å². The van der Waals surface area contributed by atoms with Crippen molar-refractivity contribution in [2.45, 2.75) is 31.5 Å². The molecule has 0 aliphatic rings. The van der Waals surface area contributed by atoms with Gasteiger partial charge < -0.3 is 9.52 Å². The summed E-state index contributed by atoms with van der Waals surface area (Å²) in [5.41, 5.74) is 1.64. The predicted octanol–water partition coefficient (Wildman–Crippen LogP) is 2.53. The van der Waals surface area contributed by atoms with E-state index < -0.39 is 10.0 Å². The van der Waals surface area contributed by atoms with Gasteiger partial charge in [0.25, 0.3) is 10.0 Å². The van der Waals surface area contributed by atoms with Crippen LogP contribution in [0.1, 0.15) is 24.7 Å². The zero-order valence-electron chi connectivity index (χ0n) is 11.2. The van der Waals surface area contributed by atoms with Crippen molar-refractivity contribution in [2.24, 2.45) is 0 Å². The van der Waals surface area contributed by atoms with Crippen LogP contribution in [-0.4, -0.2) is 13.5 Å². The average molecular weight is 295 g/mol. The van der Waals surface area contributed by atoms with Gasteiger partial charge in [-0.15, -0.1) is 0 Å². The molecule has 1 aromatic carbocycles. The molecule has 0 fully saturated rings. The lowest BCUT2D eigenvalue weighted by Gasteiger charge is -2.06.